The van der Waals surface area contributed by atoms with Crippen LogP contribution in [0.15, 0.2) is 61.2 Å². The number of carboxylic acids is 1. The number of carbonyl (C=O) groups is 3. The van der Waals surface area contributed by atoms with Crippen molar-refractivity contribution < 1.29 is 24.2 Å². The molecule has 0 spiro atoms. The van der Waals surface area contributed by atoms with Gasteiger partial charge in [0.25, 0.3) is 0 Å². The second-order valence-corrected chi connectivity index (χ2v) is 8.49. The molecule has 3 rings (SSSR count). The maximum absolute atomic E-state index is 12.6. The van der Waals surface area contributed by atoms with Gasteiger partial charge in [-0.1, -0.05) is 54.6 Å². The summed E-state index contributed by atoms with van der Waals surface area (Å²) in [6, 6.07) is 15.1. The molecule has 2 amide bonds. The third-order valence-electron chi connectivity index (χ3n) is 5.41. The highest BCUT2D eigenvalue weighted by Crippen LogP contribution is 2.44. The molecule has 0 radical (unpaired) electrons. The Kier molecular flexibility index (Phi) is 6.98. The Morgan fingerprint density at radius 2 is 1.66 bits per heavy atom. The van der Waals surface area contributed by atoms with Crippen molar-refractivity contribution in [3.8, 4) is 11.1 Å². The number of alkyl carbamates (subject to hydrolysis) is 1. The van der Waals surface area contributed by atoms with Crippen LogP contribution in [0.3, 0.4) is 0 Å². The highest BCUT2D eigenvalue weighted by atomic mass is 16.5. The Labute approximate surface area is 187 Å². The van der Waals surface area contributed by atoms with Gasteiger partial charge in [0.2, 0.25) is 5.91 Å². The number of aliphatic carboxylic acids is 1. The van der Waals surface area contributed by atoms with E-state index in [0.29, 0.717) is 0 Å². The molecule has 0 saturated heterocycles. The van der Waals surface area contributed by atoms with Crippen molar-refractivity contribution in [2.24, 2.45) is 0 Å². The summed E-state index contributed by atoms with van der Waals surface area (Å²) < 4.78 is 5.50. The Morgan fingerprint density at radius 3 is 2.19 bits per heavy atom. The molecule has 2 aromatic rings. The Bertz CT molecular complexity index is 985. The Hall–Kier alpha value is -3.61. The highest BCUT2D eigenvalue weighted by Gasteiger charge is 2.31. The van der Waals surface area contributed by atoms with E-state index in [2.05, 4.69) is 29.3 Å². The molecule has 1 aliphatic rings. The summed E-state index contributed by atoms with van der Waals surface area (Å²) in [4.78, 5) is 36.1. The van der Waals surface area contributed by atoms with E-state index in [1.807, 2.05) is 36.4 Å². The van der Waals surface area contributed by atoms with Gasteiger partial charge in [-0.15, -0.1) is 6.58 Å². The molecule has 1 atom stereocenters. The third-order valence-corrected chi connectivity index (χ3v) is 5.41. The van der Waals surface area contributed by atoms with E-state index in [0.717, 1.165) is 22.3 Å². The van der Waals surface area contributed by atoms with Gasteiger partial charge < -0.3 is 20.5 Å². The Morgan fingerprint density at radius 1 is 1.09 bits per heavy atom. The van der Waals surface area contributed by atoms with E-state index in [-0.39, 0.29) is 25.4 Å². The van der Waals surface area contributed by atoms with Crippen molar-refractivity contribution in [2.75, 3.05) is 6.61 Å². The molecule has 7 heteroatoms. The fraction of sp³-hybridized carbons (Fsp3) is 0.320. The third kappa shape index (κ3) is 5.35. The van der Waals surface area contributed by atoms with Crippen LogP contribution in [0.2, 0.25) is 0 Å². The molecule has 0 heterocycles. The second kappa shape index (κ2) is 9.68. The molecule has 32 heavy (non-hydrogen) atoms. The van der Waals surface area contributed by atoms with Gasteiger partial charge in [-0.2, -0.15) is 0 Å². The fourth-order valence-electron chi connectivity index (χ4n) is 4.02. The number of rotatable bonds is 9. The zero-order chi connectivity index (χ0) is 23.3. The van der Waals surface area contributed by atoms with Crippen molar-refractivity contribution >= 4 is 18.0 Å². The lowest BCUT2D eigenvalue weighted by Gasteiger charge is -2.27. The molecule has 1 aliphatic carbocycles. The number of ether oxygens (including phenoxy) is 1. The second-order valence-electron chi connectivity index (χ2n) is 8.49. The van der Waals surface area contributed by atoms with E-state index >= 15 is 0 Å². The monoisotopic (exact) mass is 436 g/mol. The van der Waals surface area contributed by atoms with E-state index in [1.54, 1.807) is 13.8 Å². The number of hydrogen-bond acceptors (Lipinski definition) is 4. The maximum Gasteiger partial charge on any atom is 0.407 e. The van der Waals surface area contributed by atoms with Crippen molar-refractivity contribution in [3.63, 3.8) is 0 Å². The van der Waals surface area contributed by atoms with Crippen LogP contribution in [0.5, 0.6) is 0 Å². The highest BCUT2D eigenvalue weighted by molar-refractivity contribution is 5.87. The van der Waals surface area contributed by atoms with Crippen molar-refractivity contribution in [3.05, 3.63) is 72.3 Å². The number of benzene rings is 2. The minimum atomic E-state index is -1.03. The number of nitrogens with one attached hydrogen (secondary N) is 2. The smallest absolute Gasteiger partial charge is 0.407 e. The number of fused-ring (bicyclic) bond motifs is 3. The van der Waals surface area contributed by atoms with Gasteiger partial charge in [-0.3, -0.25) is 9.59 Å². The van der Waals surface area contributed by atoms with Gasteiger partial charge in [-0.25, -0.2) is 4.79 Å². The summed E-state index contributed by atoms with van der Waals surface area (Å²) in [7, 11) is 0. The van der Waals surface area contributed by atoms with Gasteiger partial charge in [0, 0.05) is 11.5 Å². The number of carbonyl (C=O) groups excluding carboxylic acids is 2. The number of amides is 2. The van der Waals surface area contributed by atoms with E-state index < -0.39 is 29.6 Å². The van der Waals surface area contributed by atoms with Crippen molar-refractivity contribution in [2.45, 2.75) is 44.2 Å². The molecule has 0 aliphatic heterocycles. The SMILES string of the molecule is C=CCC(NC(=O)OCC1c2ccccc2-c2ccccc21)C(=O)NC(C)(C)CC(=O)O. The lowest BCUT2D eigenvalue weighted by molar-refractivity contribution is -0.138. The van der Waals surface area contributed by atoms with Gasteiger partial charge >= 0.3 is 12.1 Å². The first-order chi connectivity index (χ1) is 15.2. The zero-order valence-corrected chi connectivity index (χ0v) is 18.3. The van der Waals surface area contributed by atoms with Crippen LogP contribution >= 0.6 is 0 Å². The normalized spacial score (nSPS) is 13.4. The first-order valence-corrected chi connectivity index (χ1v) is 10.5. The molecule has 3 N–H and O–H groups in total. The maximum atomic E-state index is 12.6. The molecule has 0 bridgehead atoms. The van der Waals surface area contributed by atoms with Crippen molar-refractivity contribution in [1.29, 1.82) is 0 Å². The summed E-state index contributed by atoms with van der Waals surface area (Å²) in [5, 5.41) is 14.2. The summed E-state index contributed by atoms with van der Waals surface area (Å²) in [6.07, 6.45) is 0.729. The largest absolute Gasteiger partial charge is 0.481 e. The molecule has 0 aromatic heterocycles. The number of hydrogen-bond donors (Lipinski definition) is 3. The van der Waals surface area contributed by atoms with E-state index in [9.17, 15) is 14.4 Å². The molecule has 2 aromatic carbocycles. The zero-order valence-electron chi connectivity index (χ0n) is 18.3. The van der Waals surface area contributed by atoms with E-state index in [4.69, 9.17) is 9.84 Å². The first-order valence-electron chi connectivity index (χ1n) is 10.5. The molecular formula is C25H28N2O5. The predicted molar refractivity (Wildman–Crippen MR) is 121 cm³/mol. The summed E-state index contributed by atoms with van der Waals surface area (Å²) in [6.45, 7) is 6.98. The van der Waals surface area contributed by atoms with Gasteiger partial charge in [-0.05, 0) is 42.5 Å². The van der Waals surface area contributed by atoms with Gasteiger partial charge in [0.15, 0.2) is 0 Å². The van der Waals surface area contributed by atoms with Crippen LogP contribution in [0, 0.1) is 0 Å². The molecule has 0 fully saturated rings. The van der Waals surface area contributed by atoms with Crippen LogP contribution in [-0.4, -0.2) is 41.3 Å². The standard InChI is InChI=1S/C25H28N2O5/c1-4-9-21(23(30)27-25(2,3)14-22(28)29)26-24(31)32-15-20-18-12-7-5-10-16(18)17-11-6-8-13-19(17)20/h4-8,10-13,20-21H,1,9,14-15H2,2-3H3,(H,26,31)(H,27,30)(H,28,29). The van der Waals surface area contributed by atoms with Gasteiger partial charge in [0.1, 0.15) is 12.6 Å². The molecule has 7 nitrogen and oxygen atoms in total. The van der Waals surface area contributed by atoms with Crippen LogP contribution in [0.25, 0.3) is 11.1 Å². The van der Waals surface area contributed by atoms with Crippen LogP contribution in [0.1, 0.15) is 43.7 Å². The summed E-state index contributed by atoms with van der Waals surface area (Å²) in [5.41, 5.74) is 3.48. The van der Waals surface area contributed by atoms with Gasteiger partial charge in [0.05, 0.1) is 6.42 Å². The molecule has 1 unspecified atom stereocenters. The quantitative estimate of drug-likeness (QED) is 0.518. The summed E-state index contributed by atoms with van der Waals surface area (Å²) in [5.74, 6) is -1.61. The van der Waals surface area contributed by atoms with Crippen LogP contribution in [-0.2, 0) is 14.3 Å². The lowest BCUT2D eigenvalue weighted by atomic mass is 9.98. The fourth-order valence-corrected chi connectivity index (χ4v) is 4.02. The van der Waals surface area contributed by atoms with Crippen LogP contribution in [0.4, 0.5) is 4.79 Å². The lowest BCUT2D eigenvalue weighted by Crippen LogP contribution is -2.53. The van der Waals surface area contributed by atoms with Crippen molar-refractivity contribution in [1.82, 2.24) is 10.6 Å². The van der Waals surface area contributed by atoms with Crippen LogP contribution < -0.4 is 10.6 Å². The molecular weight excluding hydrogens is 408 g/mol. The molecule has 168 valence electrons. The minimum Gasteiger partial charge on any atom is -0.481 e. The minimum absolute atomic E-state index is 0.0886. The first kappa shape index (κ1) is 23.1. The topological polar surface area (TPSA) is 105 Å². The Balaban J connectivity index is 1.64. The summed E-state index contributed by atoms with van der Waals surface area (Å²) >= 11 is 0. The van der Waals surface area contributed by atoms with E-state index in [1.165, 1.54) is 6.08 Å². The molecule has 0 saturated carbocycles. The number of carboxylic acid groups (broad SMARTS) is 1. The predicted octanol–water partition coefficient (Wildman–Crippen LogP) is 3.84. The average molecular weight is 437 g/mol. The average Bonchev–Trinajstić information content (AvgIpc) is 3.04.